The molecule has 0 bridgehead atoms. The summed E-state index contributed by atoms with van der Waals surface area (Å²) in [6, 6.07) is 23.5. The summed E-state index contributed by atoms with van der Waals surface area (Å²) >= 11 is 0. The highest BCUT2D eigenvalue weighted by Gasteiger charge is 2.16. The van der Waals surface area contributed by atoms with E-state index in [0.29, 0.717) is 29.2 Å². The summed E-state index contributed by atoms with van der Waals surface area (Å²) in [5, 5.41) is 2.87. The summed E-state index contributed by atoms with van der Waals surface area (Å²) in [6.07, 6.45) is 1.95. The lowest BCUT2D eigenvalue weighted by Crippen LogP contribution is -2.26. The van der Waals surface area contributed by atoms with E-state index < -0.39 is 0 Å². The number of nitrogens with one attached hydrogen (secondary N) is 1. The van der Waals surface area contributed by atoms with Crippen LogP contribution >= 0.6 is 0 Å². The van der Waals surface area contributed by atoms with Crippen LogP contribution in [0.2, 0.25) is 0 Å². The maximum atomic E-state index is 12.8. The van der Waals surface area contributed by atoms with Gasteiger partial charge in [0.2, 0.25) is 0 Å². The van der Waals surface area contributed by atoms with Crippen molar-refractivity contribution in [1.29, 1.82) is 0 Å². The number of hydrogen-bond donors (Lipinski definition) is 1. The molecule has 0 spiro atoms. The molecule has 3 aromatic carbocycles. The molecule has 3 aromatic rings. The maximum Gasteiger partial charge on any atom is 0.259 e. The van der Waals surface area contributed by atoms with E-state index in [1.165, 1.54) is 0 Å². The number of nitrogens with zero attached hydrogens (tertiary/aromatic N) is 1. The fraction of sp³-hybridized carbons (Fsp3) is 0.200. The first kappa shape index (κ1) is 21.1. The zero-order valence-corrected chi connectivity index (χ0v) is 17.3. The lowest BCUT2D eigenvalue weighted by atomic mass is 10.1. The van der Waals surface area contributed by atoms with E-state index in [1.54, 1.807) is 54.4 Å². The van der Waals surface area contributed by atoms with E-state index in [1.807, 2.05) is 36.4 Å². The van der Waals surface area contributed by atoms with Gasteiger partial charge in [-0.2, -0.15) is 0 Å². The number of rotatable bonds is 8. The largest absolute Gasteiger partial charge is 0.493 e. The van der Waals surface area contributed by atoms with Gasteiger partial charge in [0.05, 0.1) is 12.2 Å². The number of unbranched alkanes of at least 4 members (excludes halogenated alkanes) is 1. The molecular formula is C25H26N2O3. The topological polar surface area (TPSA) is 58.6 Å². The zero-order valence-electron chi connectivity index (χ0n) is 17.3. The van der Waals surface area contributed by atoms with Crippen molar-refractivity contribution in [2.75, 3.05) is 23.9 Å². The molecule has 5 heteroatoms. The summed E-state index contributed by atoms with van der Waals surface area (Å²) < 4.78 is 5.76. The molecule has 0 aliphatic carbocycles. The molecule has 0 fully saturated rings. The number of carbonyl (C=O) groups is 2. The van der Waals surface area contributed by atoms with Gasteiger partial charge in [0.25, 0.3) is 11.8 Å². The van der Waals surface area contributed by atoms with E-state index in [0.717, 1.165) is 18.5 Å². The molecule has 0 aliphatic rings. The second-order valence-electron chi connectivity index (χ2n) is 6.93. The minimum atomic E-state index is -0.275. The molecule has 0 unspecified atom stereocenters. The van der Waals surface area contributed by atoms with Crippen molar-refractivity contribution in [1.82, 2.24) is 0 Å². The monoisotopic (exact) mass is 402 g/mol. The lowest BCUT2D eigenvalue weighted by Gasteiger charge is -2.18. The summed E-state index contributed by atoms with van der Waals surface area (Å²) in [7, 11) is 1.73. The molecule has 2 amide bonds. The quantitative estimate of drug-likeness (QED) is 0.514. The van der Waals surface area contributed by atoms with Crippen LogP contribution in [0.3, 0.4) is 0 Å². The van der Waals surface area contributed by atoms with Gasteiger partial charge in [-0.05, 0) is 48.9 Å². The zero-order chi connectivity index (χ0) is 21.3. The van der Waals surface area contributed by atoms with Crippen LogP contribution in [0, 0.1) is 0 Å². The van der Waals surface area contributed by atoms with Gasteiger partial charge in [-0.1, -0.05) is 49.7 Å². The van der Waals surface area contributed by atoms with Crippen LogP contribution in [-0.2, 0) is 0 Å². The Hall–Kier alpha value is -3.60. The standard InChI is InChI=1S/C25H26N2O3/c1-3-4-17-30-23-16-9-8-15-22(23)24(28)26-20-12-10-11-19(18-20)25(29)27(2)21-13-6-5-7-14-21/h5-16,18H,3-4,17H2,1-2H3,(H,26,28). The van der Waals surface area contributed by atoms with Crippen molar-refractivity contribution in [2.24, 2.45) is 0 Å². The van der Waals surface area contributed by atoms with Gasteiger partial charge < -0.3 is 15.0 Å². The third kappa shape index (κ3) is 5.26. The third-order valence-corrected chi connectivity index (χ3v) is 4.70. The van der Waals surface area contributed by atoms with Crippen LogP contribution in [0.4, 0.5) is 11.4 Å². The number of amides is 2. The van der Waals surface area contributed by atoms with Gasteiger partial charge in [0, 0.05) is 24.0 Å². The first-order valence-electron chi connectivity index (χ1n) is 10.1. The molecule has 0 heterocycles. The van der Waals surface area contributed by atoms with Crippen molar-refractivity contribution >= 4 is 23.2 Å². The van der Waals surface area contributed by atoms with Crippen molar-refractivity contribution in [3.05, 3.63) is 90.0 Å². The summed E-state index contributed by atoms with van der Waals surface area (Å²) in [6.45, 7) is 2.65. The predicted molar refractivity (Wildman–Crippen MR) is 120 cm³/mol. The van der Waals surface area contributed by atoms with Crippen molar-refractivity contribution in [3.8, 4) is 5.75 Å². The minimum Gasteiger partial charge on any atom is -0.493 e. The van der Waals surface area contributed by atoms with Crippen LogP contribution < -0.4 is 15.0 Å². The van der Waals surface area contributed by atoms with Crippen LogP contribution in [0.1, 0.15) is 40.5 Å². The van der Waals surface area contributed by atoms with Crippen LogP contribution in [0.15, 0.2) is 78.9 Å². The Morgan fingerprint density at radius 1 is 0.933 bits per heavy atom. The van der Waals surface area contributed by atoms with E-state index in [-0.39, 0.29) is 11.8 Å². The summed E-state index contributed by atoms with van der Waals surface area (Å²) in [5.41, 5.74) is 2.31. The Labute approximate surface area is 177 Å². The summed E-state index contributed by atoms with van der Waals surface area (Å²) in [5.74, 6) is 0.128. The van der Waals surface area contributed by atoms with E-state index >= 15 is 0 Å². The number of carbonyl (C=O) groups excluding carboxylic acids is 2. The molecule has 30 heavy (non-hydrogen) atoms. The van der Waals surface area contributed by atoms with Gasteiger partial charge in [-0.15, -0.1) is 0 Å². The van der Waals surface area contributed by atoms with Crippen LogP contribution in [-0.4, -0.2) is 25.5 Å². The average molecular weight is 402 g/mol. The smallest absolute Gasteiger partial charge is 0.259 e. The Kier molecular flexibility index (Phi) is 7.22. The molecule has 154 valence electrons. The van der Waals surface area contributed by atoms with Crippen LogP contribution in [0.5, 0.6) is 5.75 Å². The molecule has 3 rings (SSSR count). The van der Waals surface area contributed by atoms with E-state index in [9.17, 15) is 9.59 Å². The SMILES string of the molecule is CCCCOc1ccccc1C(=O)Nc1cccc(C(=O)N(C)c2ccccc2)c1. The molecule has 0 aliphatic heterocycles. The van der Waals surface area contributed by atoms with Gasteiger partial charge >= 0.3 is 0 Å². The fourth-order valence-corrected chi connectivity index (χ4v) is 3.00. The molecule has 0 saturated heterocycles. The molecular weight excluding hydrogens is 376 g/mol. The number of benzene rings is 3. The Balaban J connectivity index is 1.74. The van der Waals surface area contributed by atoms with Crippen molar-refractivity contribution in [2.45, 2.75) is 19.8 Å². The van der Waals surface area contributed by atoms with E-state index in [2.05, 4.69) is 12.2 Å². The molecule has 1 N–H and O–H groups in total. The molecule has 0 atom stereocenters. The number of para-hydroxylation sites is 2. The highest BCUT2D eigenvalue weighted by Crippen LogP contribution is 2.22. The number of ether oxygens (including phenoxy) is 1. The molecule has 0 saturated carbocycles. The first-order valence-corrected chi connectivity index (χ1v) is 10.1. The summed E-state index contributed by atoms with van der Waals surface area (Å²) in [4.78, 5) is 27.2. The maximum absolute atomic E-state index is 12.8. The fourth-order valence-electron chi connectivity index (χ4n) is 3.00. The van der Waals surface area contributed by atoms with Gasteiger partial charge in [0.15, 0.2) is 0 Å². The third-order valence-electron chi connectivity index (χ3n) is 4.70. The Morgan fingerprint density at radius 2 is 1.67 bits per heavy atom. The average Bonchev–Trinajstić information content (AvgIpc) is 2.79. The number of anilines is 2. The van der Waals surface area contributed by atoms with Crippen molar-refractivity contribution < 1.29 is 14.3 Å². The van der Waals surface area contributed by atoms with E-state index in [4.69, 9.17) is 4.74 Å². The highest BCUT2D eigenvalue weighted by molar-refractivity contribution is 6.09. The van der Waals surface area contributed by atoms with Gasteiger partial charge in [-0.25, -0.2) is 0 Å². The second-order valence-corrected chi connectivity index (χ2v) is 6.93. The number of hydrogen-bond acceptors (Lipinski definition) is 3. The second kappa shape index (κ2) is 10.3. The first-order chi connectivity index (χ1) is 14.6. The van der Waals surface area contributed by atoms with Gasteiger partial charge in [0.1, 0.15) is 5.75 Å². The van der Waals surface area contributed by atoms with Crippen LogP contribution in [0.25, 0.3) is 0 Å². The molecule has 5 nitrogen and oxygen atoms in total. The minimum absolute atomic E-state index is 0.152. The molecule has 0 aromatic heterocycles. The van der Waals surface area contributed by atoms with Gasteiger partial charge in [-0.3, -0.25) is 9.59 Å². The Morgan fingerprint density at radius 3 is 2.43 bits per heavy atom. The molecule has 0 radical (unpaired) electrons. The lowest BCUT2D eigenvalue weighted by molar-refractivity contribution is 0.0989. The highest BCUT2D eigenvalue weighted by atomic mass is 16.5. The normalized spacial score (nSPS) is 10.3. The Bertz CT molecular complexity index is 1000. The predicted octanol–water partition coefficient (Wildman–Crippen LogP) is 5.39. The van der Waals surface area contributed by atoms with Crippen molar-refractivity contribution in [3.63, 3.8) is 0 Å².